The summed E-state index contributed by atoms with van der Waals surface area (Å²) < 4.78 is 5.45. The lowest BCUT2D eigenvalue weighted by Crippen LogP contribution is -2.20. The summed E-state index contributed by atoms with van der Waals surface area (Å²) in [7, 11) is 0. The molecule has 4 N–H and O–H groups in total. The van der Waals surface area contributed by atoms with Crippen molar-refractivity contribution in [1.29, 1.82) is 0 Å². The van der Waals surface area contributed by atoms with E-state index in [2.05, 4.69) is 15.6 Å². The van der Waals surface area contributed by atoms with Crippen LogP contribution in [-0.4, -0.2) is 33.5 Å². The molecule has 9 nitrogen and oxygen atoms in total. The molecule has 0 aliphatic heterocycles. The van der Waals surface area contributed by atoms with Crippen LogP contribution in [0.25, 0.3) is 22.3 Å². The molecule has 0 saturated heterocycles. The molecular weight excluding hydrogens is 691 g/mol. The second-order valence-electron chi connectivity index (χ2n) is 15.1. The Morgan fingerprint density at radius 1 is 0.582 bits per heavy atom. The molecule has 0 fully saturated rings. The number of hydrogen-bond acceptors (Lipinski definition) is 6. The standard InChI is InChI=1S/C23H23NO3.C22H22N2O3.CH4/c1-15-5-7-17(8-6-15)22(26)24-19-11-9-16(10-12-19)18-13-20(27-14-18)21(25)23(2,3)4;1-22(2,3)20(26)19-12-16(13-23-19)14-4-8-17(9-5-14)24-21(27)15-6-10-18(25)11-7-15;/h5-14H,1-4H3,(H,24,26);4-13,23,25H,1-3H3,(H,24,27);1H4. The number of phenolic OH excluding ortho intramolecular Hbond substituents is 1. The number of anilines is 2. The van der Waals surface area contributed by atoms with Gasteiger partial charge in [0.25, 0.3) is 11.8 Å². The van der Waals surface area contributed by atoms with Crippen LogP contribution in [0.1, 0.15) is 96.3 Å². The van der Waals surface area contributed by atoms with Gasteiger partial charge in [-0.05, 0) is 96.4 Å². The SMILES string of the molecule is C.CC(C)(C)C(=O)c1cc(-c2ccc(NC(=O)c3ccc(O)cc3)cc2)c[nH]1.Cc1ccc(C(=O)Nc2ccc(-c3coc(C(=O)C(C)(C)C)c3)cc2)cc1. The van der Waals surface area contributed by atoms with E-state index < -0.39 is 10.8 Å². The number of aryl methyl sites for hydroxylation is 1. The first-order valence-corrected chi connectivity index (χ1v) is 17.5. The maximum Gasteiger partial charge on any atom is 0.255 e. The van der Waals surface area contributed by atoms with E-state index >= 15 is 0 Å². The van der Waals surface area contributed by atoms with Gasteiger partial charge in [-0.2, -0.15) is 0 Å². The van der Waals surface area contributed by atoms with Gasteiger partial charge in [-0.25, -0.2) is 0 Å². The molecule has 2 amide bonds. The van der Waals surface area contributed by atoms with Crippen molar-refractivity contribution >= 4 is 34.8 Å². The second kappa shape index (κ2) is 17.1. The van der Waals surface area contributed by atoms with Crippen molar-refractivity contribution in [2.24, 2.45) is 10.8 Å². The molecule has 6 aromatic rings. The van der Waals surface area contributed by atoms with Gasteiger partial charge < -0.3 is 25.1 Å². The highest BCUT2D eigenvalue weighted by Gasteiger charge is 2.26. The number of aromatic hydroxyl groups is 1. The number of carbonyl (C=O) groups is 4. The molecule has 2 heterocycles. The smallest absolute Gasteiger partial charge is 0.255 e. The fourth-order valence-corrected chi connectivity index (χ4v) is 5.29. The average Bonchev–Trinajstić information content (AvgIpc) is 3.83. The number of furan rings is 1. The molecule has 0 saturated carbocycles. The van der Waals surface area contributed by atoms with Gasteiger partial charge in [0, 0.05) is 45.1 Å². The molecule has 0 bridgehead atoms. The summed E-state index contributed by atoms with van der Waals surface area (Å²) in [6, 6.07) is 31.9. The van der Waals surface area contributed by atoms with E-state index in [0.717, 1.165) is 27.8 Å². The van der Waals surface area contributed by atoms with Gasteiger partial charge in [0.15, 0.2) is 11.5 Å². The largest absolute Gasteiger partial charge is 0.508 e. The number of hydrogen-bond donors (Lipinski definition) is 4. The lowest BCUT2D eigenvalue weighted by atomic mass is 9.89. The van der Waals surface area contributed by atoms with Crippen LogP contribution in [0.2, 0.25) is 0 Å². The molecule has 6 rings (SSSR count). The van der Waals surface area contributed by atoms with Gasteiger partial charge in [0.2, 0.25) is 5.78 Å². The summed E-state index contributed by atoms with van der Waals surface area (Å²) in [5, 5.41) is 15.0. The fraction of sp³-hybridized carbons (Fsp3) is 0.217. The van der Waals surface area contributed by atoms with E-state index in [1.165, 1.54) is 12.1 Å². The number of benzene rings is 4. The van der Waals surface area contributed by atoms with Crippen LogP contribution in [0.15, 0.2) is 126 Å². The zero-order valence-electron chi connectivity index (χ0n) is 31.5. The number of Topliss-reactive ketones (excluding diaryl/α,β-unsaturated/α-hetero) is 2. The third-order valence-corrected chi connectivity index (χ3v) is 8.51. The Morgan fingerprint density at radius 3 is 1.51 bits per heavy atom. The molecule has 0 atom stereocenters. The van der Waals surface area contributed by atoms with E-state index in [4.69, 9.17) is 4.42 Å². The number of aromatic amines is 1. The fourth-order valence-electron chi connectivity index (χ4n) is 5.29. The Bertz CT molecular complexity index is 2080. The predicted octanol–water partition coefficient (Wildman–Crippen LogP) is 11.2. The number of H-pyrrole nitrogens is 1. The number of nitrogens with one attached hydrogen (secondary N) is 3. The molecule has 0 aliphatic carbocycles. The third-order valence-electron chi connectivity index (χ3n) is 8.51. The molecule has 0 spiro atoms. The number of phenols is 1. The Balaban J connectivity index is 0.000000240. The average molecular weight is 740 g/mol. The molecular formula is C46H49N3O6. The molecule has 0 radical (unpaired) electrons. The lowest BCUT2D eigenvalue weighted by Gasteiger charge is -2.14. The van der Waals surface area contributed by atoms with Gasteiger partial charge in [0.1, 0.15) is 5.75 Å². The van der Waals surface area contributed by atoms with E-state index in [9.17, 15) is 24.3 Å². The minimum Gasteiger partial charge on any atom is -0.508 e. The molecule has 9 heteroatoms. The van der Waals surface area contributed by atoms with Gasteiger partial charge in [0.05, 0.1) is 12.0 Å². The first-order valence-electron chi connectivity index (χ1n) is 17.5. The maximum absolute atomic E-state index is 12.3. The van der Waals surface area contributed by atoms with Crippen molar-refractivity contribution in [3.8, 4) is 28.0 Å². The summed E-state index contributed by atoms with van der Waals surface area (Å²) >= 11 is 0. The van der Waals surface area contributed by atoms with Gasteiger partial charge >= 0.3 is 0 Å². The van der Waals surface area contributed by atoms with Crippen molar-refractivity contribution in [3.63, 3.8) is 0 Å². The highest BCUT2D eigenvalue weighted by Crippen LogP contribution is 2.29. The zero-order chi connectivity index (χ0) is 39.2. The zero-order valence-corrected chi connectivity index (χ0v) is 31.5. The topological polar surface area (TPSA) is 142 Å². The quantitative estimate of drug-likeness (QED) is 0.114. The van der Waals surface area contributed by atoms with Crippen LogP contribution < -0.4 is 10.6 Å². The first kappa shape index (κ1) is 41.3. The van der Waals surface area contributed by atoms with E-state index in [1.807, 2.05) is 121 Å². The molecule has 284 valence electrons. The van der Waals surface area contributed by atoms with E-state index in [-0.39, 0.29) is 36.6 Å². The predicted molar refractivity (Wildman–Crippen MR) is 220 cm³/mol. The van der Waals surface area contributed by atoms with E-state index in [0.29, 0.717) is 34.0 Å². The molecule has 0 aliphatic rings. The normalized spacial score (nSPS) is 11.0. The van der Waals surface area contributed by atoms with Gasteiger partial charge in [-0.1, -0.05) is 90.9 Å². The van der Waals surface area contributed by atoms with Crippen LogP contribution in [-0.2, 0) is 0 Å². The van der Waals surface area contributed by atoms with Gasteiger partial charge in [-0.3, -0.25) is 19.2 Å². The first-order chi connectivity index (χ1) is 25.5. The Morgan fingerprint density at radius 2 is 1.04 bits per heavy atom. The summed E-state index contributed by atoms with van der Waals surface area (Å²) in [5.74, 6) is 0.106. The number of amides is 2. The Hall–Kier alpha value is -6.48. The number of rotatable bonds is 8. The summed E-state index contributed by atoms with van der Waals surface area (Å²) in [6.45, 7) is 13.2. The van der Waals surface area contributed by atoms with Crippen molar-refractivity contribution < 1.29 is 28.7 Å². The minimum absolute atomic E-state index is 0. The molecule has 0 unspecified atom stereocenters. The second-order valence-corrected chi connectivity index (χ2v) is 15.1. The van der Waals surface area contributed by atoms with Crippen molar-refractivity contribution in [1.82, 2.24) is 4.98 Å². The van der Waals surface area contributed by atoms with Gasteiger partial charge in [-0.15, -0.1) is 0 Å². The van der Waals surface area contributed by atoms with Crippen LogP contribution in [0.3, 0.4) is 0 Å². The monoisotopic (exact) mass is 739 g/mol. The molecule has 55 heavy (non-hydrogen) atoms. The third kappa shape index (κ3) is 10.8. The Labute approximate surface area is 322 Å². The summed E-state index contributed by atoms with van der Waals surface area (Å²) in [5.41, 5.74) is 6.83. The highest BCUT2D eigenvalue weighted by molar-refractivity contribution is 6.05. The Kier molecular flexibility index (Phi) is 12.8. The summed E-state index contributed by atoms with van der Waals surface area (Å²) in [4.78, 5) is 52.2. The summed E-state index contributed by atoms with van der Waals surface area (Å²) in [6.07, 6.45) is 3.39. The van der Waals surface area contributed by atoms with E-state index in [1.54, 1.807) is 36.6 Å². The lowest BCUT2D eigenvalue weighted by molar-refractivity contribution is 0.0827. The van der Waals surface area contributed by atoms with Crippen molar-refractivity contribution in [2.45, 2.75) is 55.9 Å². The highest BCUT2D eigenvalue weighted by atomic mass is 16.3. The van der Waals surface area contributed by atoms with Crippen LogP contribution >= 0.6 is 0 Å². The van der Waals surface area contributed by atoms with Crippen molar-refractivity contribution in [2.75, 3.05) is 10.6 Å². The number of ketones is 2. The van der Waals surface area contributed by atoms with Crippen LogP contribution in [0, 0.1) is 17.8 Å². The molecule has 2 aromatic heterocycles. The minimum atomic E-state index is -0.487. The van der Waals surface area contributed by atoms with Crippen LogP contribution in [0.4, 0.5) is 11.4 Å². The number of aromatic nitrogens is 1. The molecule has 4 aromatic carbocycles. The maximum atomic E-state index is 12.3. The van der Waals surface area contributed by atoms with Crippen molar-refractivity contribution in [3.05, 3.63) is 150 Å². The van der Waals surface area contributed by atoms with Crippen LogP contribution in [0.5, 0.6) is 5.75 Å². The number of carbonyl (C=O) groups excluding carboxylic acids is 4.